The summed E-state index contributed by atoms with van der Waals surface area (Å²) in [6, 6.07) is 41.9. The minimum Gasteiger partial charge on any atom is -0.488 e. The number of aliphatic carboxylic acids is 4. The summed E-state index contributed by atoms with van der Waals surface area (Å²) < 4.78 is 33.0. The standard InChI is InChI=1S/C68H68N8O17/c1-71(2)51-13-7-9-15-55(51)89-25-27-91-59-29-43(17-23-52(59)72(3)37-61(77)78)69-66(85)41-33-74(34-41)45-19-21-49-57(31-45)93-58-32-46(20-22-50(58)65(49)47-11-5-6-12-48(47)68(87)88)75-35-42(36-75)67(86)70-44-18-24-53(73(4)38-62(79)80)60(30-44)92-28-26-90-56-16-10-8-14-54(56)76(39-63(81)82)40-64(83)84/h5-24,29-32,41-42H,25-28,33-40H2,1-4H3,(H6-,69,70,77,78,79,80,81,82,83,84,85,86,87,88)/p+1. The number of nitrogens with one attached hydrogen (secondary N) is 2. The first-order valence-corrected chi connectivity index (χ1v) is 29.6. The van der Waals surface area contributed by atoms with E-state index in [0.717, 1.165) is 21.6 Å². The van der Waals surface area contributed by atoms with Crippen molar-refractivity contribution in [2.45, 2.75) is 0 Å². The van der Waals surface area contributed by atoms with Crippen molar-refractivity contribution in [3.63, 3.8) is 0 Å². The minimum absolute atomic E-state index is 0.0809. The summed E-state index contributed by atoms with van der Waals surface area (Å²) in [5.74, 6) is -5.11. The predicted molar refractivity (Wildman–Crippen MR) is 348 cm³/mol. The number of carbonyl (C=O) groups excluding carboxylic acids is 2. The summed E-state index contributed by atoms with van der Waals surface area (Å²) in [6.07, 6.45) is 0. The van der Waals surface area contributed by atoms with Gasteiger partial charge in [0.25, 0.3) is 0 Å². The van der Waals surface area contributed by atoms with Crippen LogP contribution in [0.15, 0.2) is 150 Å². The lowest BCUT2D eigenvalue weighted by Crippen LogP contribution is -2.53. The predicted octanol–water partition coefficient (Wildman–Crippen LogP) is 7.02. The number of carboxylic acid groups (broad SMARTS) is 5. The van der Waals surface area contributed by atoms with E-state index in [1.165, 1.54) is 4.90 Å². The molecule has 0 saturated carbocycles. The number of anilines is 7. The number of ether oxygens (including phenoxy) is 4. The van der Waals surface area contributed by atoms with Gasteiger partial charge in [-0.2, -0.15) is 0 Å². The molecule has 7 N–H and O–H groups in total. The molecular weight excluding hydrogens is 1200 g/mol. The van der Waals surface area contributed by atoms with Gasteiger partial charge >= 0.3 is 29.8 Å². The molecule has 0 aromatic heterocycles. The van der Waals surface area contributed by atoms with E-state index in [-0.39, 0.29) is 74.1 Å². The van der Waals surface area contributed by atoms with Crippen molar-refractivity contribution >= 4 is 92.4 Å². The van der Waals surface area contributed by atoms with Crippen LogP contribution in [0.5, 0.6) is 23.0 Å². The fourth-order valence-corrected chi connectivity index (χ4v) is 11.2. The lowest BCUT2D eigenvalue weighted by molar-refractivity contribution is -0.137. The van der Waals surface area contributed by atoms with Crippen LogP contribution in [0.2, 0.25) is 0 Å². The zero-order chi connectivity index (χ0) is 66.0. The van der Waals surface area contributed by atoms with Crippen LogP contribution < -0.4 is 64.0 Å². The fourth-order valence-electron chi connectivity index (χ4n) is 11.2. The molecule has 0 unspecified atom stereocenters. The lowest BCUT2D eigenvalue weighted by atomic mass is 9.90. The summed E-state index contributed by atoms with van der Waals surface area (Å²) in [5, 5.41) is 55.8. The van der Waals surface area contributed by atoms with Crippen LogP contribution in [0.1, 0.15) is 10.4 Å². The molecule has 93 heavy (non-hydrogen) atoms. The van der Waals surface area contributed by atoms with E-state index in [9.17, 15) is 59.1 Å². The highest BCUT2D eigenvalue weighted by molar-refractivity contribution is 6.08. The molecule has 25 nitrogen and oxygen atoms in total. The number of fused-ring (bicyclic) bond motifs is 2. The second-order valence-corrected chi connectivity index (χ2v) is 22.6. The normalized spacial score (nSPS) is 13.4. The molecule has 0 atom stereocenters. The number of benzene rings is 7. The van der Waals surface area contributed by atoms with Crippen LogP contribution in [0, 0.1) is 11.8 Å². The summed E-state index contributed by atoms with van der Waals surface area (Å²) in [5.41, 5.74) is 6.02. The Bertz CT molecular complexity index is 4180. The van der Waals surface area contributed by atoms with Gasteiger partial charge in [0.1, 0.15) is 86.9 Å². The van der Waals surface area contributed by atoms with Crippen molar-refractivity contribution in [1.29, 1.82) is 0 Å². The molecule has 3 heterocycles. The Labute approximate surface area is 533 Å². The molecule has 482 valence electrons. The van der Waals surface area contributed by atoms with Crippen molar-refractivity contribution in [2.24, 2.45) is 11.8 Å². The number of rotatable bonds is 29. The monoisotopic (exact) mass is 1270 g/mol. The number of para-hydroxylation sites is 4. The molecule has 0 bridgehead atoms. The van der Waals surface area contributed by atoms with Crippen molar-refractivity contribution in [1.82, 2.24) is 4.58 Å². The molecule has 3 aliphatic heterocycles. The second-order valence-electron chi connectivity index (χ2n) is 22.6. The first-order chi connectivity index (χ1) is 44.7. The molecular formula is C68H69N8O17+. The van der Waals surface area contributed by atoms with E-state index >= 15 is 0 Å². The molecule has 25 heteroatoms. The zero-order valence-corrected chi connectivity index (χ0v) is 51.3. The number of amides is 2. The van der Waals surface area contributed by atoms with E-state index in [2.05, 4.69) is 10.6 Å². The van der Waals surface area contributed by atoms with Gasteiger partial charge in [-0.15, -0.1) is 0 Å². The van der Waals surface area contributed by atoms with E-state index in [1.54, 1.807) is 104 Å². The molecule has 6 aromatic rings. The second kappa shape index (κ2) is 28.5. The maximum atomic E-state index is 13.9. The summed E-state index contributed by atoms with van der Waals surface area (Å²) in [6.45, 7) is -0.262. The van der Waals surface area contributed by atoms with Crippen molar-refractivity contribution in [3.8, 4) is 45.4 Å². The van der Waals surface area contributed by atoms with Crippen LogP contribution in [-0.2, 0) is 28.8 Å². The zero-order valence-electron chi connectivity index (χ0n) is 51.3. The third kappa shape index (κ3) is 15.4. The van der Waals surface area contributed by atoms with E-state index < -0.39 is 54.8 Å². The minimum atomic E-state index is -1.23. The number of aromatic carboxylic acids is 1. The number of carboxylic acids is 5. The molecule has 10 rings (SSSR count). The van der Waals surface area contributed by atoms with Gasteiger partial charge in [-0.3, -0.25) is 28.8 Å². The fraction of sp³-hybridized carbons (Fsp3) is 0.265. The van der Waals surface area contributed by atoms with E-state index in [1.807, 2.05) is 89.1 Å². The lowest BCUT2D eigenvalue weighted by Gasteiger charge is -2.40. The topological polar surface area (TPSA) is 314 Å². The highest BCUT2D eigenvalue weighted by Gasteiger charge is 2.39. The summed E-state index contributed by atoms with van der Waals surface area (Å²) in [7, 11) is 7.05. The Morgan fingerprint density at radius 2 is 1.02 bits per heavy atom. The van der Waals surface area contributed by atoms with Gasteiger partial charge in [0.2, 0.25) is 17.2 Å². The first-order valence-electron chi connectivity index (χ1n) is 29.6. The highest BCUT2D eigenvalue weighted by atomic mass is 16.5. The SMILES string of the molecule is CN(C)c1ccccc1OCCOc1cc(NC(=O)C2CN(c3ccc4c(-c5ccccc5C(=O)O)c5ccc(=[N+]6CC(C(=O)Nc7ccc(N(C)CC(=O)O)c(OCCOc8ccccc8N(CC(=O)O)CC(=O)O)c7)C6)cc-5oc4c3)C2)ccc1N(C)CC(=O)O. The molecule has 2 saturated heterocycles. The van der Waals surface area contributed by atoms with Crippen molar-refractivity contribution in [3.05, 3.63) is 157 Å². The van der Waals surface area contributed by atoms with Gasteiger partial charge in [0.15, 0.2) is 19.0 Å². The maximum Gasteiger partial charge on any atom is 0.336 e. The van der Waals surface area contributed by atoms with E-state index in [0.29, 0.717) is 93.8 Å². The maximum absolute atomic E-state index is 13.9. The van der Waals surface area contributed by atoms with Crippen molar-refractivity contribution in [2.75, 3.05) is 142 Å². The molecule has 0 spiro atoms. The van der Waals surface area contributed by atoms with Crippen molar-refractivity contribution < 1.29 is 82.5 Å². The van der Waals surface area contributed by atoms with Crippen LogP contribution >= 0.6 is 0 Å². The van der Waals surface area contributed by atoms with Gasteiger partial charge < -0.3 is 84.0 Å². The third-order valence-corrected chi connectivity index (χ3v) is 15.8. The van der Waals surface area contributed by atoms with Gasteiger partial charge in [-0.05, 0) is 78.4 Å². The Hall–Kier alpha value is -11.5. The Balaban J connectivity index is 0.832. The number of hydrogen-bond acceptors (Lipinski definition) is 17. The average molecular weight is 1270 g/mol. The molecule has 2 fully saturated rings. The number of likely N-dealkylation sites (N-methyl/N-ethyl adjacent to an activating group) is 2. The van der Waals surface area contributed by atoms with Crippen LogP contribution in [0.25, 0.3) is 33.4 Å². The Morgan fingerprint density at radius 1 is 0.516 bits per heavy atom. The molecule has 4 aliphatic rings. The third-order valence-electron chi connectivity index (χ3n) is 15.8. The van der Waals surface area contributed by atoms with Gasteiger partial charge in [-0.25, -0.2) is 9.37 Å². The quantitative estimate of drug-likeness (QED) is 0.0141. The van der Waals surface area contributed by atoms with Crippen LogP contribution in [0.3, 0.4) is 0 Å². The molecule has 1 aliphatic carbocycles. The molecule has 0 radical (unpaired) electrons. The average Bonchev–Trinajstić information content (AvgIpc) is 0.743. The largest absolute Gasteiger partial charge is 0.488 e. The first kappa shape index (κ1) is 64.5. The molecule has 2 amide bonds. The van der Waals surface area contributed by atoms with Crippen LogP contribution in [0.4, 0.5) is 39.8 Å². The molecule has 6 aromatic carbocycles. The van der Waals surface area contributed by atoms with Gasteiger partial charge in [-0.1, -0.05) is 42.5 Å². The summed E-state index contributed by atoms with van der Waals surface area (Å²) >= 11 is 0. The Kier molecular flexibility index (Phi) is 19.8. The van der Waals surface area contributed by atoms with Crippen LogP contribution in [-0.4, -0.2) is 174 Å². The number of carbonyl (C=O) groups is 7. The van der Waals surface area contributed by atoms with Gasteiger partial charge in [0.05, 0.1) is 40.3 Å². The number of hydrogen-bond donors (Lipinski definition) is 7. The Morgan fingerprint density at radius 3 is 1.57 bits per heavy atom. The smallest absolute Gasteiger partial charge is 0.336 e. The van der Waals surface area contributed by atoms with E-state index in [4.69, 9.17) is 23.4 Å². The van der Waals surface area contributed by atoms with Gasteiger partial charge in [0, 0.05) is 99.1 Å². The highest BCUT2D eigenvalue weighted by Crippen LogP contribution is 2.43. The summed E-state index contributed by atoms with van der Waals surface area (Å²) in [4.78, 5) is 95.1. The number of nitrogens with zero attached hydrogens (tertiary/aromatic N) is 6.